The molecule has 0 saturated carbocycles. The normalized spacial score (nSPS) is 12.2. The highest BCUT2D eigenvalue weighted by Gasteiger charge is 2.22. The van der Waals surface area contributed by atoms with Gasteiger partial charge < -0.3 is 4.74 Å². The number of ether oxygens (including phenoxy) is 1. The van der Waals surface area contributed by atoms with Crippen LogP contribution >= 0.6 is 15.9 Å². The third-order valence-corrected chi connectivity index (χ3v) is 8.98. The van der Waals surface area contributed by atoms with Gasteiger partial charge in [0.25, 0.3) is 0 Å². The van der Waals surface area contributed by atoms with Crippen molar-refractivity contribution in [3.8, 4) is 22.7 Å². The van der Waals surface area contributed by atoms with E-state index in [9.17, 15) is 8.78 Å². The summed E-state index contributed by atoms with van der Waals surface area (Å²) in [5, 5.41) is 6.10. The van der Waals surface area contributed by atoms with E-state index in [0.29, 0.717) is 27.6 Å². The lowest BCUT2D eigenvalue weighted by Crippen LogP contribution is -2.22. The van der Waals surface area contributed by atoms with E-state index in [1.165, 1.54) is 18.2 Å². The van der Waals surface area contributed by atoms with E-state index in [0.717, 1.165) is 17.0 Å². The summed E-state index contributed by atoms with van der Waals surface area (Å²) in [6.45, 7) is 14.3. The number of pyridine rings is 1. The van der Waals surface area contributed by atoms with Crippen LogP contribution in [0.1, 0.15) is 5.56 Å². The van der Waals surface area contributed by atoms with Gasteiger partial charge >= 0.3 is 0 Å². The van der Waals surface area contributed by atoms with Crippen LogP contribution in [0.4, 0.5) is 8.78 Å². The number of benzene rings is 2. The second kappa shape index (κ2) is 10.2. The topological polar surface area (TPSA) is 39.9 Å². The molecule has 4 aromatic rings. The fraction of sp³-hybridized carbons (Fsp3) is 0.333. The highest BCUT2D eigenvalue weighted by molar-refractivity contribution is 9.10. The van der Waals surface area contributed by atoms with Gasteiger partial charge in [0.2, 0.25) is 0 Å². The van der Waals surface area contributed by atoms with Gasteiger partial charge in [0.1, 0.15) is 42.1 Å². The molecule has 36 heavy (non-hydrogen) atoms. The van der Waals surface area contributed by atoms with Crippen molar-refractivity contribution in [2.24, 2.45) is 0 Å². The Hall–Kier alpha value is -2.39. The summed E-state index contributed by atoms with van der Waals surface area (Å²) in [6.07, 6.45) is 0. The van der Waals surface area contributed by atoms with Crippen LogP contribution in [0, 0.1) is 23.1 Å². The van der Waals surface area contributed by atoms with Gasteiger partial charge in [-0.15, -0.1) is 5.54 Å². The lowest BCUT2D eigenvalue weighted by atomic mass is 10.00. The van der Waals surface area contributed by atoms with Crippen molar-refractivity contribution in [1.29, 1.82) is 0 Å². The standard InChI is InChI=1S/C27H30BrF2N3OSi2/c1-35(2,3)14-12-18-10-11-19-20(16-18)24(23-21(29)8-7-9-22(23)30)31-26-25(19)32-33(27(26)28)17-34-13-15-36(4,5)6/h7-11,16H,13,15,17H2,1-6H3. The number of hydrogen-bond donors (Lipinski definition) is 0. The number of fused-ring (bicyclic) bond motifs is 3. The van der Waals surface area contributed by atoms with E-state index in [2.05, 4.69) is 66.7 Å². The molecule has 2 heterocycles. The van der Waals surface area contributed by atoms with Gasteiger partial charge in [0.05, 0.1) is 11.3 Å². The third kappa shape index (κ3) is 5.94. The zero-order valence-corrected chi connectivity index (χ0v) is 25.1. The largest absolute Gasteiger partial charge is 0.359 e. The molecule has 0 N–H and O–H groups in total. The Morgan fingerprint density at radius 2 is 1.67 bits per heavy atom. The van der Waals surface area contributed by atoms with Gasteiger partial charge in [-0.1, -0.05) is 57.3 Å². The summed E-state index contributed by atoms with van der Waals surface area (Å²) in [5.74, 6) is 1.91. The number of rotatable bonds is 6. The van der Waals surface area contributed by atoms with E-state index in [4.69, 9.17) is 14.8 Å². The van der Waals surface area contributed by atoms with Crippen molar-refractivity contribution in [3.63, 3.8) is 0 Å². The zero-order chi connectivity index (χ0) is 26.3. The molecule has 2 aromatic heterocycles. The van der Waals surface area contributed by atoms with Crippen LogP contribution in [-0.4, -0.2) is 37.5 Å². The second-order valence-electron chi connectivity index (χ2n) is 11.2. The molecular weight excluding hydrogens is 556 g/mol. The molecule has 0 aliphatic heterocycles. The van der Waals surface area contributed by atoms with Crippen molar-refractivity contribution in [1.82, 2.24) is 14.8 Å². The predicted octanol–water partition coefficient (Wildman–Crippen LogP) is 7.83. The highest BCUT2D eigenvalue weighted by atomic mass is 79.9. The molecule has 0 atom stereocenters. The van der Waals surface area contributed by atoms with Crippen LogP contribution in [0.2, 0.25) is 45.3 Å². The summed E-state index contributed by atoms with van der Waals surface area (Å²) in [5.41, 5.74) is 5.35. The van der Waals surface area contributed by atoms with Gasteiger partial charge in [-0.25, -0.2) is 18.4 Å². The molecule has 0 spiro atoms. The van der Waals surface area contributed by atoms with Gasteiger partial charge in [0.15, 0.2) is 0 Å². The average molecular weight is 587 g/mol. The number of nitrogens with zero attached hydrogens (tertiary/aromatic N) is 3. The van der Waals surface area contributed by atoms with Gasteiger partial charge in [-0.3, -0.25) is 0 Å². The molecule has 0 aliphatic carbocycles. The maximum absolute atomic E-state index is 14.9. The zero-order valence-electron chi connectivity index (χ0n) is 21.5. The minimum absolute atomic E-state index is 0.161. The van der Waals surface area contributed by atoms with Crippen molar-refractivity contribution < 1.29 is 13.5 Å². The van der Waals surface area contributed by atoms with Gasteiger partial charge in [-0.2, -0.15) is 5.10 Å². The van der Waals surface area contributed by atoms with Crippen molar-refractivity contribution in [2.45, 2.75) is 52.1 Å². The summed E-state index contributed by atoms with van der Waals surface area (Å²) in [6, 6.07) is 10.6. The van der Waals surface area contributed by atoms with Crippen LogP contribution < -0.4 is 0 Å². The van der Waals surface area contributed by atoms with Crippen LogP contribution in [0.5, 0.6) is 0 Å². The Labute approximate surface area is 221 Å². The first kappa shape index (κ1) is 26.7. The Bertz CT molecular complexity index is 1490. The van der Waals surface area contributed by atoms with E-state index >= 15 is 0 Å². The van der Waals surface area contributed by atoms with E-state index in [1.54, 1.807) is 4.68 Å². The van der Waals surface area contributed by atoms with Crippen molar-refractivity contribution in [2.75, 3.05) is 6.61 Å². The first-order valence-electron chi connectivity index (χ1n) is 11.9. The Kier molecular flexibility index (Phi) is 7.53. The number of aromatic nitrogens is 3. The molecule has 4 nitrogen and oxygen atoms in total. The molecule has 0 saturated heterocycles. The number of hydrogen-bond acceptors (Lipinski definition) is 3. The maximum Gasteiger partial charge on any atom is 0.140 e. The second-order valence-corrected chi connectivity index (χ2v) is 22.3. The molecule has 0 unspecified atom stereocenters. The summed E-state index contributed by atoms with van der Waals surface area (Å²) in [4.78, 5) is 4.73. The van der Waals surface area contributed by atoms with E-state index in [1.807, 2.05) is 18.2 Å². The van der Waals surface area contributed by atoms with Gasteiger partial charge in [-0.05, 0) is 46.2 Å². The summed E-state index contributed by atoms with van der Waals surface area (Å²) in [7, 11) is -2.82. The smallest absolute Gasteiger partial charge is 0.140 e. The first-order valence-corrected chi connectivity index (χ1v) is 19.9. The molecule has 4 rings (SSSR count). The van der Waals surface area contributed by atoms with Crippen LogP contribution in [0.25, 0.3) is 33.1 Å². The fourth-order valence-corrected chi connectivity index (χ4v) is 5.43. The molecule has 9 heteroatoms. The Morgan fingerprint density at radius 3 is 2.31 bits per heavy atom. The third-order valence-electron chi connectivity index (χ3n) is 5.61. The average Bonchev–Trinajstić information content (AvgIpc) is 3.09. The minimum atomic E-state index is -1.61. The molecule has 0 aliphatic rings. The van der Waals surface area contributed by atoms with E-state index < -0.39 is 27.8 Å². The molecular formula is C27H30BrF2N3OSi2. The molecule has 2 aromatic carbocycles. The monoisotopic (exact) mass is 585 g/mol. The highest BCUT2D eigenvalue weighted by Crippen LogP contribution is 2.37. The Morgan fingerprint density at radius 1 is 0.972 bits per heavy atom. The maximum atomic E-state index is 14.9. The molecule has 0 radical (unpaired) electrons. The predicted molar refractivity (Wildman–Crippen MR) is 152 cm³/mol. The lowest BCUT2D eigenvalue weighted by Gasteiger charge is -2.15. The summed E-state index contributed by atoms with van der Waals surface area (Å²) >= 11 is 3.60. The first-order chi connectivity index (χ1) is 16.8. The van der Waals surface area contributed by atoms with Crippen molar-refractivity contribution in [3.05, 3.63) is 58.2 Å². The quantitative estimate of drug-likeness (QED) is 0.131. The Balaban J connectivity index is 1.90. The van der Waals surface area contributed by atoms with E-state index in [-0.39, 0.29) is 18.0 Å². The van der Waals surface area contributed by atoms with Crippen LogP contribution in [0.3, 0.4) is 0 Å². The molecule has 0 fully saturated rings. The van der Waals surface area contributed by atoms with Crippen molar-refractivity contribution >= 4 is 53.9 Å². The molecule has 0 amide bonds. The summed E-state index contributed by atoms with van der Waals surface area (Å²) < 4.78 is 38.0. The number of halogens is 3. The lowest BCUT2D eigenvalue weighted by molar-refractivity contribution is 0.0775. The molecule has 188 valence electrons. The van der Waals surface area contributed by atoms with Gasteiger partial charge in [0, 0.05) is 31.0 Å². The fourth-order valence-electron chi connectivity index (χ4n) is 3.70. The molecule has 0 bridgehead atoms. The minimum Gasteiger partial charge on any atom is -0.359 e. The van der Waals surface area contributed by atoms with Crippen LogP contribution in [-0.2, 0) is 11.5 Å². The van der Waals surface area contributed by atoms with Crippen LogP contribution in [0.15, 0.2) is 41.0 Å². The SMILES string of the molecule is C[Si](C)(C)C#Cc1ccc2c(c1)c(-c1c(F)cccc1F)nc1c(Br)n(COCC[Si](C)(C)C)nc12.